The fraction of sp³-hybridized carbons (Fsp3) is 0.0357. The summed E-state index contributed by atoms with van der Waals surface area (Å²) in [5.41, 5.74) is 7.39. The highest BCUT2D eigenvalue weighted by Crippen LogP contribution is 2.38. The zero-order valence-electron chi connectivity index (χ0n) is 42.8. The van der Waals surface area contributed by atoms with E-state index in [1.165, 1.54) is 5.56 Å². The van der Waals surface area contributed by atoms with Gasteiger partial charge in [0.05, 0.1) is 47.1 Å². The van der Waals surface area contributed by atoms with Crippen LogP contribution < -0.4 is 9.30 Å². The molecule has 3 heterocycles. The van der Waals surface area contributed by atoms with Crippen molar-refractivity contribution in [3.05, 3.63) is 224 Å². The van der Waals surface area contributed by atoms with E-state index in [9.17, 15) is 0 Å². The highest BCUT2D eigenvalue weighted by Gasteiger charge is 2.20. The molecule has 0 bridgehead atoms. The Morgan fingerprint density at radius 2 is 1.23 bits per heavy atom. The Morgan fingerprint density at radius 3 is 1.98 bits per heavy atom. The molecule has 0 fully saturated rings. The van der Waals surface area contributed by atoms with E-state index in [2.05, 4.69) is 54.2 Å². The number of para-hydroxylation sites is 4. The van der Waals surface area contributed by atoms with Gasteiger partial charge in [-0.05, 0) is 82.3 Å². The molecule has 0 aliphatic heterocycles. The average Bonchev–Trinajstić information content (AvgIpc) is 3.95. The largest absolute Gasteiger partial charge is 0.458 e. The fourth-order valence-electron chi connectivity index (χ4n) is 8.23. The van der Waals surface area contributed by atoms with Gasteiger partial charge in [-0.15, -0.1) is 0 Å². The molecule has 0 aliphatic carbocycles. The zero-order valence-corrected chi connectivity index (χ0v) is 32.8. The third-order valence-electron chi connectivity index (χ3n) is 11.0. The van der Waals surface area contributed by atoms with Crippen molar-refractivity contribution in [2.24, 2.45) is 0 Å². The van der Waals surface area contributed by atoms with Crippen LogP contribution in [-0.4, -0.2) is 14.1 Å². The van der Waals surface area contributed by atoms with Gasteiger partial charge in [0.1, 0.15) is 17.3 Å². The number of aromatic nitrogens is 4. The van der Waals surface area contributed by atoms with Gasteiger partial charge in [-0.3, -0.25) is 13.7 Å². The van der Waals surface area contributed by atoms with Crippen molar-refractivity contribution in [2.75, 3.05) is 0 Å². The first-order valence-electron chi connectivity index (χ1n) is 24.9. The van der Waals surface area contributed by atoms with E-state index in [4.69, 9.17) is 23.4 Å². The number of benzene rings is 8. The molecule has 0 unspecified atom stereocenters. The van der Waals surface area contributed by atoms with E-state index in [1.807, 2.05) is 97.2 Å². The van der Waals surface area contributed by atoms with Gasteiger partial charge in [-0.25, -0.2) is 4.98 Å². The van der Waals surface area contributed by atoms with Gasteiger partial charge in [0.15, 0.2) is 0 Å². The molecule has 0 aliphatic rings. The van der Waals surface area contributed by atoms with Crippen molar-refractivity contribution in [3.63, 3.8) is 0 Å². The van der Waals surface area contributed by atoms with Crippen molar-refractivity contribution in [3.8, 4) is 62.1 Å². The lowest BCUT2D eigenvalue weighted by Crippen LogP contribution is -2.31. The quantitative estimate of drug-likeness (QED) is 0.108. The van der Waals surface area contributed by atoms with Gasteiger partial charge in [0, 0.05) is 28.6 Å². The minimum absolute atomic E-state index is 0.130. The third kappa shape index (κ3) is 6.44. The van der Waals surface area contributed by atoms with Crippen LogP contribution >= 0.6 is 0 Å². The van der Waals surface area contributed by atoms with Gasteiger partial charge >= 0.3 is 0 Å². The van der Waals surface area contributed by atoms with E-state index in [1.54, 1.807) is 27.3 Å². The number of fused-ring (bicyclic) bond motifs is 4. The highest BCUT2D eigenvalue weighted by atomic mass is 16.5. The number of pyridine rings is 1. The van der Waals surface area contributed by atoms with Crippen molar-refractivity contribution >= 4 is 32.8 Å². The number of nitrogens with zero attached hydrogens (tertiary/aromatic N) is 4. The molecule has 5 heteroatoms. The lowest BCUT2D eigenvalue weighted by molar-refractivity contribution is -0.571. The van der Waals surface area contributed by atoms with Crippen molar-refractivity contribution in [1.29, 1.82) is 0 Å². The average molecular weight is 795 g/mol. The molecule has 8 aromatic carbocycles. The molecular formula is C56H40N4O. The number of hydrogen-bond acceptors (Lipinski definition) is 2. The summed E-state index contributed by atoms with van der Waals surface area (Å²) in [5.74, 6) is 1.89. The second-order valence-electron chi connectivity index (χ2n) is 14.5. The Hall–Kier alpha value is -8.02. The molecule has 11 aromatic rings. The Labute approximate surface area is 368 Å². The smallest absolute Gasteiger partial charge is 0.269 e. The van der Waals surface area contributed by atoms with Crippen LogP contribution in [-0.2, 0) is 6.42 Å². The van der Waals surface area contributed by atoms with Gasteiger partial charge in [0.2, 0.25) is 0 Å². The van der Waals surface area contributed by atoms with Crippen LogP contribution in [0.4, 0.5) is 0 Å². The fourth-order valence-corrected chi connectivity index (χ4v) is 8.23. The summed E-state index contributed by atoms with van der Waals surface area (Å²) in [4.78, 5) is 5.03. The van der Waals surface area contributed by atoms with Crippen LogP contribution in [0.15, 0.2) is 212 Å². The number of ether oxygens (including phenoxy) is 1. The van der Waals surface area contributed by atoms with Crippen LogP contribution in [0.25, 0.3) is 83.4 Å². The van der Waals surface area contributed by atoms with Crippen LogP contribution in [0.5, 0.6) is 11.5 Å². The monoisotopic (exact) mass is 794 g/mol. The number of rotatable bonds is 9. The van der Waals surface area contributed by atoms with Gasteiger partial charge in [0.25, 0.3) is 6.33 Å². The molecule has 0 saturated heterocycles. The van der Waals surface area contributed by atoms with E-state index < -0.39 is 60.4 Å². The standard InChI is InChI=1S/C56H40N4O/c1-2-39-34-55(57-37-50(39)42-22-10-5-11-23-42)60-51-29-13-12-26-48(51)49-33-32-45(36-54(49)60)61-44-25-16-24-43(35-44)58-38-59(53-31-15-14-30-52(53)58)56-46(40-18-6-3-7-19-40)27-17-28-47(56)41-20-8-4-9-21-41/h3-37H,2H2,1H3/i3D,4D,6D,7D,8D,9D,18D,19D,20D,21D. The topological polar surface area (TPSA) is 35.9 Å². The molecule has 0 spiro atoms. The van der Waals surface area contributed by atoms with Crippen molar-refractivity contribution in [1.82, 2.24) is 14.1 Å². The molecule has 0 saturated carbocycles. The maximum atomic E-state index is 9.01. The Bertz CT molecular complexity index is 3840. The summed E-state index contributed by atoms with van der Waals surface area (Å²) in [7, 11) is 0. The summed E-state index contributed by atoms with van der Waals surface area (Å²) in [6, 6.07) is 41.1. The predicted octanol–water partition coefficient (Wildman–Crippen LogP) is 13.6. The molecule has 3 aromatic heterocycles. The first-order chi connectivity index (χ1) is 34.4. The molecule has 0 radical (unpaired) electrons. The summed E-state index contributed by atoms with van der Waals surface area (Å²) >= 11 is 0. The number of aryl methyl sites for hydroxylation is 1. The zero-order chi connectivity index (χ0) is 49.4. The highest BCUT2D eigenvalue weighted by molar-refractivity contribution is 6.09. The van der Waals surface area contributed by atoms with Gasteiger partial charge in [-0.2, -0.15) is 0 Å². The lowest BCUT2D eigenvalue weighted by Gasteiger charge is -2.17. The SMILES string of the molecule is [2H]c1c([2H])c([2H])c(-c2cccc(-c3c([2H])c([2H])c([2H])c([2H])c3[2H])c2-[n+]2[c-]n(-c3cccc(Oc4ccc5c6ccccc6n(-c6cc(CC)c(-c7ccccc7)cn6)c5c4)c3)c3ccccc32)c([2H])c1[2H]. The minimum Gasteiger partial charge on any atom is -0.458 e. The molecular weight excluding hydrogens is 745 g/mol. The molecule has 5 nitrogen and oxygen atoms in total. The first kappa shape index (κ1) is 26.9. The molecule has 0 amide bonds. The lowest BCUT2D eigenvalue weighted by atomic mass is 9.95. The predicted molar refractivity (Wildman–Crippen MR) is 248 cm³/mol. The normalized spacial score (nSPS) is 13.7. The molecule has 290 valence electrons. The summed E-state index contributed by atoms with van der Waals surface area (Å²) in [6.45, 7) is 2.15. The van der Waals surface area contributed by atoms with Crippen LogP contribution in [0, 0.1) is 6.33 Å². The molecule has 0 atom stereocenters. The Kier molecular flexibility index (Phi) is 6.74. The third-order valence-corrected chi connectivity index (χ3v) is 11.0. The second-order valence-corrected chi connectivity index (χ2v) is 14.5. The van der Waals surface area contributed by atoms with Gasteiger partial charge in [-0.1, -0.05) is 164 Å². The maximum Gasteiger partial charge on any atom is 0.269 e. The van der Waals surface area contributed by atoms with E-state index in [-0.39, 0.29) is 27.9 Å². The molecule has 11 rings (SSSR count). The second kappa shape index (κ2) is 15.3. The van der Waals surface area contributed by atoms with E-state index >= 15 is 0 Å². The maximum absolute atomic E-state index is 9.01. The summed E-state index contributed by atoms with van der Waals surface area (Å²) in [5, 5.41) is 2.12. The summed E-state index contributed by atoms with van der Waals surface area (Å²) < 4.78 is 99.3. The minimum atomic E-state index is -0.566. The Morgan fingerprint density at radius 1 is 0.574 bits per heavy atom. The van der Waals surface area contributed by atoms with Crippen molar-refractivity contribution < 1.29 is 23.0 Å². The number of hydrogen-bond donors (Lipinski definition) is 0. The van der Waals surface area contributed by atoms with Gasteiger partial charge < -0.3 is 4.74 Å². The van der Waals surface area contributed by atoms with E-state index in [0.29, 0.717) is 28.2 Å². The van der Waals surface area contributed by atoms with Crippen LogP contribution in [0.3, 0.4) is 0 Å². The Balaban J connectivity index is 1.06. The molecule has 61 heavy (non-hydrogen) atoms. The number of imidazole rings is 1. The van der Waals surface area contributed by atoms with E-state index in [0.717, 1.165) is 45.2 Å². The first-order valence-corrected chi connectivity index (χ1v) is 19.9. The van der Waals surface area contributed by atoms with Crippen molar-refractivity contribution in [2.45, 2.75) is 13.3 Å². The summed E-state index contributed by atoms with van der Waals surface area (Å²) in [6.07, 6.45) is 6.21. The van der Waals surface area contributed by atoms with Crippen LogP contribution in [0.1, 0.15) is 26.2 Å². The van der Waals surface area contributed by atoms with Crippen LogP contribution in [0.2, 0.25) is 0 Å². The molecule has 0 N–H and O–H groups in total.